The molecule has 0 saturated carbocycles. The molecule has 2 aliphatic rings. The van der Waals surface area contributed by atoms with E-state index >= 15 is 0 Å². The lowest BCUT2D eigenvalue weighted by atomic mass is 9.95. The summed E-state index contributed by atoms with van der Waals surface area (Å²) < 4.78 is 0. The van der Waals surface area contributed by atoms with Crippen molar-refractivity contribution in [3.05, 3.63) is 0 Å². The zero-order chi connectivity index (χ0) is 12.8. The molecule has 4 heteroatoms. The summed E-state index contributed by atoms with van der Waals surface area (Å²) >= 11 is 7.88. The van der Waals surface area contributed by atoms with Crippen LogP contribution in [-0.4, -0.2) is 40.8 Å². The van der Waals surface area contributed by atoms with Gasteiger partial charge in [0, 0.05) is 24.9 Å². The molecule has 2 rings (SSSR count). The number of thioether (sulfide) groups is 1. The summed E-state index contributed by atoms with van der Waals surface area (Å²) in [4.78, 5) is 14.6. The quantitative estimate of drug-likeness (QED) is 0.738. The Labute approximate surface area is 120 Å². The number of rotatable bonds is 4. The molecule has 0 aromatic rings. The molecule has 0 spiro atoms. The number of halogens is 1. The van der Waals surface area contributed by atoms with E-state index in [4.69, 9.17) is 11.6 Å². The molecule has 104 valence electrons. The topological polar surface area (TPSA) is 20.3 Å². The number of likely N-dealkylation sites (tertiary alicyclic amines) is 1. The number of hydrogen-bond donors (Lipinski definition) is 0. The summed E-state index contributed by atoms with van der Waals surface area (Å²) in [6, 6.07) is 0.418. The van der Waals surface area contributed by atoms with E-state index < -0.39 is 0 Å². The van der Waals surface area contributed by atoms with Crippen LogP contribution in [0.4, 0.5) is 0 Å². The summed E-state index contributed by atoms with van der Waals surface area (Å²) in [5.41, 5.74) is 0. The number of carbonyl (C=O) groups is 1. The van der Waals surface area contributed by atoms with Crippen molar-refractivity contribution in [2.24, 2.45) is 5.92 Å². The second-order valence-corrected chi connectivity index (χ2v) is 7.08. The number of nitrogens with zero attached hydrogens (tertiary/aromatic N) is 1. The van der Waals surface area contributed by atoms with Crippen molar-refractivity contribution in [2.45, 2.75) is 51.0 Å². The van der Waals surface area contributed by atoms with E-state index in [2.05, 4.69) is 4.90 Å². The monoisotopic (exact) mass is 289 g/mol. The molecule has 0 radical (unpaired) electrons. The minimum atomic E-state index is 0.390. The Bertz CT molecular complexity index is 267. The Kier molecular flexibility index (Phi) is 6.16. The number of amides is 1. The summed E-state index contributed by atoms with van der Waals surface area (Å²) in [6.45, 7) is 0.960. The number of carbonyl (C=O) groups excluding carboxylic acids is 1. The fourth-order valence-electron chi connectivity index (χ4n) is 3.07. The highest BCUT2D eigenvalue weighted by Crippen LogP contribution is 2.28. The summed E-state index contributed by atoms with van der Waals surface area (Å²) in [7, 11) is 0. The Morgan fingerprint density at radius 3 is 2.72 bits per heavy atom. The molecule has 2 nitrogen and oxygen atoms in total. The summed E-state index contributed by atoms with van der Waals surface area (Å²) in [5.74, 6) is 4.18. The SMILES string of the molecule is O=C(CC1CCSCC1)N1CCCCC1CCCl. The Hall–Kier alpha value is 0.110. The maximum atomic E-state index is 12.4. The zero-order valence-electron chi connectivity index (χ0n) is 11.1. The third kappa shape index (κ3) is 4.06. The first-order chi connectivity index (χ1) is 8.81. The van der Waals surface area contributed by atoms with Gasteiger partial charge in [-0.05, 0) is 55.9 Å². The van der Waals surface area contributed by atoms with Crippen LogP contribution in [0, 0.1) is 5.92 Å². The largest absolute Gasteiger partial charge is 0.340 e. The molecule has 0 bridgehead atoms. The van der Waals surface area contributed by atoms with Gasteiger partial charge in [0.15, 0.2) is 0 Å². The van der Waals surface area contributed by atoms with Crippen LogP contribution in [0.1, 0.15) is 44.9 Å². The summed E-state index contributed by atoms with van der Waals surface area (Å²) in [6.07, 6.45) is 7.78. The maximum Gasteiger partial charge on any atom is 0.223 e. The van der Waals surface area contributed by atoms with Gasteiger partial charge in [-0.2, -0.15) is 11.8 Å². The average molecular weight is 290 g/mol. The van der Waals surface area contributed by atoms with E-state index in [0.29, 0.717) is 23.7 Å². The Balaban J connectivity index is 1.84. The van der Waals surface area contributed by atoms with Crippen molar-refractivity contribution < 1.29 is 4.79 Å². The van der Waals surface area contributed by atoms with Crippen LogP contribution in [0.3, 0.4) is 0 Å². The fraction of sp³-hybridized carbons (Fsp3) is 0.929. The molecule has 0 aromatic carbocycles. The third-order valence-electron chi connectivity index (χ3n) is 4.19. The zero-order valence-corrected chi connectivity index (χ0v) is 12.6. The van der Waals surface area contributed by atoms with Gasteiger partial charge in [0.25, 0.3) is 0 Å². The molecule has 2 heterocycles. The van der Waals surface area contributed by atoms with Crippen LogP contribution in [0.25, 0.3) is 0 Å². The maximum absolute atomic E-state index is 12.4. The molecule has 0 N–H and O–H groups in total. The van der Waals surface area contributed by atoms with Gasteiger partial charge in [0.05, 0.1) is 0 Å². The van der Waals surface area contributed by atoms with Gasteiger partial charge in [-0.1, -0.05) is 0 Å². The molecule has 1 atom stereocenters. The van der Waals surface area contributed by atoms with E-state index in [0.717, 1.165) is 25.8 Å². The van der Waals surface area contributed by atoms with Crippen molar-refractivity contribution in [2.75, 3.05) is 23.9 Å². The van der Waals surface area contributed by atoms with Gasteiger partial charge in [-0.3, -0.25) is 4.79 Å². The van der Waals surface area contributed by atoms with Crippen molar-refractivity contribution in [1.29, 1.82) is 0 Å². The van der Waals surface area contributed by atoms with Crippen LogP contribution in [0.5, 0.6) is 0 Å². The molecular weight excluding hydrogens is 266 g/mol. The molecule has 2 fully saturated rings. The highest BCUT2D eigenvalue weighted by molar-refractivity contribution is 7.99. The van der Waals surface area contributed by atoms with E-state index in [1.165, 1.54) is 37.2 Å². The molecular formula is C14H24ClNOS. The Morgan fingerprint density at radius 1 is 1.22 bits per heavy atom. The van der Waals surface area contributed by atoms with Gasteiger partial charge >= 0.3 is 0 Å². The lowest BCUT2D eigenvalue weighted by Gasteiger charge is -2.36. The molecule has 18 heavy (non-hydrogen) atoms. The lowest BCUT2D eigenvalue weighted by molar-refractivity contribution is -0.136. The van der Waals surface area contributed by atoms with Gasteiger partial charge in [-0.25, -0.2) is 0 Å². The van der Waals surface area contributed by atoms with Gasteiger partial charge < -0.3 is 4.90 Å². The van der Waals surface area contributed by atoms with Crippen LogP contribution in [0.2, 0.25) is 0 Å². The van der Waals surface area contributed by atoms with Crippen LogP contribution in [0.15, 0.2) is 0 Å². The molecule has 2 saturated heterocycles. The second kappa shape index (κ2) is 7.64. The first kappa shape index (κ1) is 14.5. The fourth-order valence-corrected chi connectivity index (χ4v) is 4.53. The predicted octanol–water partition coefficient (Wildman–Crippen LogP) is 3.53. The number of piperidine rings is 1. The van der Waals surface area contributed by atoms with Crippen molar-refractivity contribution >= 4 is 29.3 Å². The number of alkyl halides is 1. The molecule has 2 aliphatic heterocycles. The smallest absolute Gasteiger partial charge is 0.223 e. The number of hydrogen-bond acceptors (Lipinski definition) is 2. The van der Waals surface area contributed by atoms with Crippen LogP contribution >= 0.6 is 23.4 Å². The minimum Gasteiger partial charge on any atom is -0.340 e. The molecule has 0 aromatic heterocycles. The standard InChI is InChI=1S/C14H24ClNOS/c15-7-4-13-3-1-2-8-16(13)14(17)11-12-5-9-18-10-6-12/h12-13H,1-11H2. The van der Waals surface area contributed by atoms with E-state index in [1.807, 2.05) is 11.8 Å². The van der Waals surface area contributed by atoms with E-state index in [1.54, 1.807) is 0 Å². The van der Waals surface area contributed by atoms with Gasteiger partial charge in [0.1, 0.15) is 0 Å². The highest BCUT2D eigenvalue weighted by Gasteiger charge is 2.28. The first-order valence-electron chi connectivity index (χ1n) is 7.24. The van der Waals surface area contributed by atoms with E-state index in [-0.39, 0.29) is 0 Å². The molecule has 0 aliphatic carbocycles. The van der Waals surface area contributed by atoms with Crippen LogP contribution < -0.4 is 0 Å². The molecule has 1 amide bonds. The highest BCUT2D eigenvalue weighted by atomic mass is 35.5. The average Bonchev–Trinajstić information content (AvgIpc) is 2.41. The normalized spacial score (nSPS) is 26.3. The molecule has 1 unspecified atom stereocenters. The van der Waals surface area contributed by atoms with Crippen molar-refractivity contribution in [3.8, 4) is 0 Å². The lowest BCUT2D eigenvalue weighted by Crippen LogP contribution is -2.44. The van der Waals surface area contributed by atoms with Gasteiger partial charge in [-0.15, -0.1) is 11.6 Å². The second-order valence-electron chi connectivity index (χ2n) is 5.47. The minimum absolute atomic E-state index is 0.390. The third-order valence-corrected chi connectivity index (χ3v) is 5.46. The van der Waals surface area contributed by atoms with Crippen molar-refractivity contribution in [3.63, 3.8) is 0 Å². The predicted molar refractivity (Wildman–Crippen MR) is 79.4 cm³/mol. The summed E-state index contributed by atoms with van der Waals surface area (Å²) in [5, 5.41) is 0. The van der Waals surface area contributed by atoms with E-state index in [9.17, 15) is 4.79 Å². The Morgan fingerprint density at radius 2 is 2.00 bits per heavy atom. The first-order valence-corrected chi connectivity index (χ1v) is 8.93. The van der Waals surface area contributed by atoms with Crippen LogP contribution in [-0.2, 0) is 4.79 Å². The van der Waals surface area contributed by atoms with Gasteiger partial charge in [0.2, 0.25) is 5.91 Å². The van der Waals surface area contributed by atoms with Crippen molar-refractivity contribution in [1.82, 2.24) is 4.90 Å².